The molecule has 0 fully saturated rings. The largest absolute Gasteiger partial charge is 0.313 e. The molecule has 23 heavy (non-hydrogen) atoms. The monoisotopic (exact) mass is 382 g/mol. The molecule has 0 aliphatic heterocycles. The lowest BCUT2D eigenvalue weighted by atomic mass is 10.2. The van der Waals surface area contributed by atoms with Gasteiger partial charge < -0.3 is 10.2 Å². The van der Waals surface area contributed by atoms with Gasteiger partial charge in [0.1, 0.15) is 0 Å². The van der Waals surface area contributed by atoms with Crippen LogP contribution in [0.25, 0.3) is 0 Å². The lowest BCUT2D eigenvalue weighted by Gasteiger charge is -2.21. The highest BCUT2D eigenvalue weighted by atomic mass is 35.5. The molecule has 5 heteroatoms. The standard InChI is InChI=1S/C18H31ClN2.2ClH/c1-3-5-13-21(14-6-4-2)15-7-12-20-16-17-8-10-18(19)11-9-17;;/h8-11,20H,3-7,12-16H2,1-2H3;2*1H. The molecule has 0 radical (unpaired) electrons. The fraction of sp³-hybridized carbons (Fsp3) is 0.667. The molecule has 1 aromatic rings. The highest BCUT2D eigenvalue weighted by molar-refractivity contribution is 6.30. The first-order valence-corrected chi connectivity index (χ1v) is 8.81. The summed E-state index contributed by atoms with van der Waals surface area (Å²) in [6.45, 7) is 10.3. The SMILES string of the molecule is CCCCN(CCCC)CCCNCc1ccc(Cl)cc1.Cl.Cl. The molecule has 1 N–H and O–H groups in total. The molecular weight excluding hydrogens is 351 g/mol. The van der Waals surface area contributed by atoms with Crippen molar-refractivity contribution in [1.82, 2.24) is 10.2 Å². The summed E-state index contributed by atoms with van der Waals surface area (Å²) in [5.41, 5.74) is 1.30. The molecule has 0 heterocycles. The summed E-state index contributed by atoms with van der Waals surface area (Å²) in [5.74, 6) is 0. The third-order valence-electron chi connectivity index (χ3n) is 3.73. The van der Waals surface area contributed by atoms with Crippen molar-refractivity contribution in [2.75, 3.05) is 26.2 Å². The molecule has 0 aromatic heterocycles. The Morgan fingerprint density at radius 2 is 1.39 bits per heavy atom. The summed E-state index contributed by atoms with van der Waals surface area (Å²) in [5, 5.41) is 4.33. The van der Waals surface area contributed by atoms with Crippen LogP contribution in [0.4, 0.5) is 0 Å². The minimum atomic E-state index is 0. The molecule has 0 saturated heterocycles. The van der Waals surface area contributed by atoms with Crippen LogP contribution in [-0.2, 0) is 6.54 Å². The van der Waals surface area contributed by atoms with Crippen molar-refractivity contribution in [1.29, 1.82) is 0 Å². The van der Waals surface area contributed by atoms with Gasteiger partial charge in [-0.3, -0.25) is 0 Å². The fourth-order valence-corrected chi connectivity index (χ4v) is 2.49. The Labute approximate surface area is 160 Å². The highest BCUT2D eigenvalue weighted by Gasteiger charge is 2.03. The van der Waals surface area contributed by atoms with Gasteiger partial charge in [-0.2, -0.15) is 0 Å². The Morgan fingerprint density at radius 1 is 0.870 bits per heavy atom. The van der Waals surface area contributed by atoms with Gasteiger partial charge in [0, 0.05) is 11.6 Å². The van der Waals surface area contributed by atoms with E-state index in [1.54, 1.807) is 0 Å². The van der Waals surface area contributed by atoms with Crippen LogP contribution in [0, 0.1) is 0 Å². The first-order chi connectivity index (χ1) is 10.3. The quantitative estimate of drug-likeness (QED) is 0.475. The van der Waals surface area contributed by atoms with Crippen molar-refractivity contribution in [3.8, 4) is 0 Å². The Hall–Kier alpha value is 0.01000. The van der Waals surface area contributed by atoms with E-state index >= 15 is 0 Å². The van der Waals surface area contributed by atoms with Crippen molar-refractivity contribution < 1.29 is 0 Å². The summed E-state index contributed by atoms with van der Waals surface area (Å²) < 4.78 is 0. The molecule has 136 valence electrons. The van der Waals surface area contributed by atoms with E-state index in [4.69, 9.17) is 11.6 Å². The average Bonchev–Trinajstić information content (AvgIpc) is 2.50. The van der Waals surface area contributed by atoms with Gasteiger partial charge in [0.25, 0.3) is 0 Å². The molecule has 0 spiro atoms. The minimum absolute atomic E-state index is 0. The van der Waals surface area contributed by atoms with Gasteiger partial charge in [-0.1, -0.05) is 50.4 Å². The third kappa shape index (κ3) is 13.0. The second-order valence-corrected chi connectivity index (χ2v) is 6.14. The smallest absolute Gasteiger partial charge is 0.0406 e. The number of hydrogen-bond acceptors (Lipinski definition) is 2. The van der Waals surface area contributed by atoms with Crippen LogP contribution in [0.15, 0.2) is 24.3 Å². The zero-order valence-corrected chi connectivity index (χ0v) is 16.9. The summed E-state index contributed by atoms with van der Waals surface area (Å²) in [6.07, 6.45) is 6.44. The number of benzene rings is 1. The topological polar surface area (TPSA) is 15.3 Å². The normalized spacial score (nSPS) is 10.3. The van der Waals surface area contributed by atoms with E-state index in [0.717, 1.165) is 18.1 Å². The van der Waals surface area contributed by atoms with Gasteiger partial charge in [0.2, 0.25) is 0 Å². The van der Waals surface area contributed by atoms with Crippen LogP contribution < -0.4 is 5.32 Å². The molecular formula is C18H33Cl3N2. The van der Waals surface area contributed by atoms with Crippen molar-refractivity contribution in [3.63, 3.8) is 0 Å². The Balaban J connectivity index is 0. The van der Waals surface area contributed by atoms with E-state index in [1.165, 1.54) is 57.3 Å². The van der Waals surface area contributed by atoms with Gasteiger partial charge in [-0.05, 0) is 63.1 Å². The molecule has 1 aromatic carbocycles. The molecule has 0 amide bonds. The Kier molecular flexibility index (Phi) is 18.5. The van der Waals surface area contributed by atoms with Gasteiger partial charge in [0.05, 0.1) is 0 Å². The van der Waals surface area contributed by atoms with E-state index in [-0.39, 0.29) is 24.8 Å². The van der Waals surface area contributed by atoms with E-state index in [2.05, 4.69) is 36.2 Å². The van der Waals surface area contributed by atoms with Gasteiger partial charge in [-0.25, -0.2) is 0 Å². The van der Waals surface area contributed by atoms with Gasteiger partial charge in [-0.15, -0.1) is 24.8 Å². The van der Waals surface area contributed by atoms with Crippen molar-refractivity contribution in [2.24, 2.45) is 0 Å². The first-order valence-electron chi connectivity index (χ1n) is 8.43. The molecule has 0 aliphatic carbocycles. The Bertz CT molecular complexity index is 350. The van der Waals surface area contributed by atoms with Crippen LogP contribution in [-0.4, -0.2) is 31.1 Å². The van der Waals surface area contributed by atoms with E-state index in [1.807, 2.05) is 12.1 Å². The number of nitrogens with one attached hydrogen (secondary N) is 1. The van der Waals surface area contributed by atoms with Gasteiger partial charge in [0.15, 0.2) is 0 Å². The predicted octanol–water partition coefficient (Wildman–Crippen LogP) is 5.57. The molecule has 2 nitrogen and oxygen atoms in total. The second kappa shape index (κ2) is 16.9. The summed E-state index contributed by atoms with van der Waals surface area (Å²) in [7, 11) is 0. The number of unbranched alkanes of at least 4 members (excludes halogenated alkanes) is 2. The van der Waals surface area contributed by atoms with Crippen molar-refractivity contribution >= 4 is 36.4 Å². The van der Waals surface area contributed by atoms with Crippen molar-refractivity contribution in [3.05, 3.63) is 34.9 Å². The minimum Gasteiger partial charge on any atom is -0.313 e. The number of rotatable bonds is 12. The molecule has 0 atom stereocenters. The molecule has 0 aliphatic rings. The number of halogens is 3. The zero-order chi connectivity index (χ0) is 15.3. The van der Waals surface area contributed by atoms with Gasteiger partial charge >= 0.3 is 0 Å². The van der Waals surface area contributed by atoms with E-state index in [9.17, 15) is 0 Å². The summed E-state index contributed by atoms with van der Waals surface area (Å²) in [6, 6.07) is 8.08. The van der Waals surface area contributed by atoms with Crippen LogP contribution in [0.2, 0.25) is 5.02 Å². The third-order valence-corrected chi connectivity index (χ3v) is 3.98. The number of hydrogen-bond donors (Lipinski definition) is 1. The van der Waals surface area contributed by atoms with Crippen LogP contribution in [0.3, 0.4) is 0 Å². The Morgan fingerprint density at radius 3 is 1.91 bits per heavy atom. The molecule has 0 saturated carbocycles. The average molecular weight is 384 g/mol. The maximum Gasteiger partial charge on any atom is 0.0406 e. The molecule has 0 bridgehead atoms. The zero-order valence-electron chi connectivity index (χ0n) is 14.5. The van der Waals surface area contributed by atoms with Crippen molar-refractivity contribution in [2.45, 2.75) is 52.5 Å². The van der Waals surface area contributed by atoms with E-state index in [0.29, 0.717) is 0 Å². The lowest BCUT2D eigenvalue weighted by molar-refractivity contribution is 0.261. The van der Waals surface area contributed by atoms with Crippen LogP contribution in [0.5, 0.6) is 0 Å². The second-order valence-electron chi connectivity index (χ2n) is 5.71. The van der Waals surface area contributed by atoms with Crippen LogP contribution in [0.1, 0.15) is 51.5 Å². The summed E-state index contributed by atoms with van der Waals surface area (Å²) in [4.78, 5) is 2.62. The highest BCUT2D eigenvalue weighted by Crippen LogP contribution is 2.09. The fourth-order valence-electron chi connectivity index (χ4n) is 2.36. The molecule has 0 unspecified atom stereocenters. The predicted molar refractivity (Wildman–Crippen MR) is 109 cm³/mol. The first kappa shape index (κ1) is 25.3. The number of nitrogens with zero attached hydrogens (tertiary/aromatic N) is 1. The van der Waals surface area contributed by atoms with Crippen LogP contribution >= 0.6 is 36.4 Å². The maximum atomic E-state index is 5.89. The summed E-state index contributed by atoms with van der Waals surface area (Å²) >= 11 is 5.89. The maximum absolute atomic E-state index is 5.89. The van der Waals surface area contributed by atoms with E-state index < -0.39 is 0 Å². The molecule has 1 rings (SSSR count). The lowest BCUT2D eigenvalue weighted by Crippen LogP contribution is -2.29.